The van der Waals surface area contributed by atoms with Gasteiger partial charge in [-0.3, -0.25) is 9.78 Å². The van der Waals surface area contributed by atoms with Crippen LogP contribution in [0, 0.1) is 11.3 Å². The number of benzene rings is 2. The number of hydrogen-bond donors (Lipinski definition) is 1. The smallest absolute Gasteiger partial charge is 0.251 e. The average Bonchev–Trinajstić information content (AvgIpc) is 3.32. The van der Waals surface area contributed by atoms with Crippen LogP contribution in [0.15, 0.2) is 84.2 Å². The molecule has 0 aliphatic carbocycles. The Morgan fingerprint density at radius 3 is 2.51 bits per heavy atom. The molecule has 0 amide bonds. The van der Waals surface area contributed by atoms with Crippen LogP contribution < -0.4 is 5.56 Å². The molecule has 172 valence electrons. The molecule has 5 aromatic rings. The predicted molar refractivity (Wildman–Crippen MR) is 134 cm³/mol. The molecule has 0 radical (unpaired) electrons. The maximum atomic E-state index is 12.7. The van der Waals surface area contributed by atoms with E-state index in [4.69, 9.17) is 11.6 Å². The zero-order chi connectivity index (χ0) is 24.7. The quantitative estimate of drug-likeness (QED) is 0.416. The minimum absolute atomic E-state index is 0.205. The first-order valence-corrected chi connectivity index (χ1v) is 11.2. The van der Waals surface area contributed by atoms with Crippen molar-refractivity contribution in [2.24, 2.45) is 14.1 Å². The Kier molecular flexibility index (Phi) is 5.48. The van der Waals surface area contributed by atoms with Crippen LogP contribution in [0.2, 0.25) is 5.02 Å². The van der Waals surface area contributed by atoms with Crippen molar-refractivity contribution in [2.75, 3.05) is 0 Å². The van der Waals surface area contributed by atoms with Gasteiger partial charge in [-0.05, 0) is 47.0 Å². The van der Waals surface area contributed by atoms with Crippen LogP contribution in [-0.2, 0) is 19.7 Å². The lowest BCUT2D eigenvalue weighted by Crippen LogP contribution is -2.32. The summed E-state index contributed by atoms with van der Waals surface area (Å²) in [4.78, 5) is 21.6. The van der Waals surface area contributed by atoms with E-state index in [-0.39, 0.29) is 5.56 Å². The van der Waals surface area contributed by atoms with Crippen molar-refractivity contribution in [3.05, 3.63) is 117 Å². The number of hydrogen-bond acceptors (Lipinski definition) is 5. The van der Waals surface area contributed by atoms with E-state index in [1.807, 2.05) is 6.07 Å². The van der Waals surface area contributed by atoms with Gasteiger partial charge in [0.15, 0.2) is 5.60 Å². The lowest BCUT2D eigenvalue weighted by atomic mass is 9.86. The van der Waals surface area contributed by atoms with E-state index in [1.165, 1.54) is 10.6 Å². The molecule has 0 saturated heterocycles. The van der Waals surface area contributed by atoms with Gasteiger partial charge in [0.1, 0.15) is 0 Å². The molecule has 1 atom stereocenters. The average molecular weight is 482 g/mol. The van der Waals surface area contributed by atoms with E-state index < -0.39 is 5.60 Å². The Bertz CT molecular complexity index is 1680. The summed E-state index contributed by atoms with van der Waals surface area (Å²) >= 11 is 6.12. The molecule has 7 nitrogen and oxygen atoms in total. The maximum absolute atomic E-state index is 12.7. The molecule has 0 saturated carbocycles. The number of imidazole rings is 1. The fraction of sp³-hybridized carbons (Fsp3) is 0.111. The molecule has 1 N–H and O–H groups in total. The van der Waals surface area contributed by atoms with E-state index in [0.29, 0.717) is 44.0 Å². The highest BCUT2D eigenvalue weighted by atomic mass is 35.5. The summed E-state index contributed by atoms with van der Waals surface area (Å²) in [6.07, 6.45) is 4.79. The Labute approximate surface area is 206 Å². The van der Waals surface area contributed by atoms with Gasteiger partial charge < -0.3 is 14.2 Å². The fourth-order valence-electron chi connectivity index (χ4n) is 4.36. The van der Waals surface area contributed by atoms with Gasteiger partial charge >= 0.3 is 0 Å². The molecule has 0 aliphatic rings. The van der Waals surface area contributed by atoms with E-state index in [9.17, 15) is 15.2 Å². The van der Waals surface area contributed by atoms with Crippen molar-refractivity contribution >= 4 is 22.5 Å². The number of aliphatic hydroxyl groups is 1. The number of nitriles is 1. The van der Waals surface area contributed by atoms with Crippen molar-refractivity contribution in [1.29, 1.82) is 5.26 Å². The second-order valence-corrected chi connectivity index (χ2v) is 8.78. The first-order chi connectivity index (χ1) is 16.8. The first-order valence-electron chi connectivity index (χ1n) is 10.8. The fourth-order valence-corrected chi connectivity index (χ4v) is 4.49. The minimum atomic E-state index is -1.65. The third-order valence-electron chi connectivity index (χ3n) is 6.26. The third kappa shape index (κ3) is 3.69. The molecule has 0 bridgehead atoms. The Hall–Kier alpha value is -4.25. The number of aryl methyl sites for hydroxylation is 2. The zero-order valence-electron chi connectivity index (χ0n) is 19.0. The summed E-state index contributed by atoms with van der Waals surface area (Å²) < 4.78 is 3.24. The Morgan fingerprint density at radius 1 is 1.06 bits per heavy atom. The van der Waals surface area contributed by atoms with Gasteiger partial charge in [-0.2, -0.15) is 5.26 Å². The van der Waals surface area contributed by atoms with E-state index in [2.05, 4.69) is 16.0 Å². The maximum Gasteiger partial charge on any atom is 0.251 e. The molecule has 0 aliphatic heterocycles. The second-order valence-electron chi connectivity index (χ2n) is 8.34. The number of nitrogens with zero attached hydrogens (tertiary/aromatic N) is 5. The summed E-state index contributed by atoms with van der Waals surface area (Å²) in [5.74, 6) is 0. The van der Waals surface area contributed by atoms with Gasteiger partial charge in [0, 0.05) is 30.6 Å². The molecule has 5 rings (SSSR count). The first kappa shape index (κ1) is 22.5. The van der Waals surface area contributed by atoms with Crippen LogP contribution in [0.4, 0.5) is 0 Å². The molecular formula is C27H20ClN5O2. The summed E-state index contributed by atoms with van der Waals surface area (Å²) in [7, 11) is 3.47. The lowest BCUT2D eigenvalue weighted by molar-refractivity contribution is 0.113. The topological polar surface area (TPSA) is 96.7 Å². The molecule has 0 fully saturated rings. The van der Waals surface area contributed by atoms with Gasteiger partial charge in [-0.15, -0.1) is 0 Å². The van der Waals surface area contributed by atoms with Crippen molar-refractivity contribution in [3.8, 4) is 17.2 Å². The van der Waals surface area contributed by atoms with Gasteiger partial charge in [-0.25, -0.2) is 4.98 Å². The van der Waals surface area contributed by atoms with Crippen LogP contribution in [0.3, 0.4) is 0 Å². The minimum Gasteiger partial charge on any atom is -0.373 e. The van der Waals surface area contributed by atoms with Crippen LogP contribution in [0.25, 0.3) is 22.0 Å². The standard InChI is InChI=1S/C27H20ClN5O2/c1-32-16-30-15-25(32)27(35,19-6-8-20(28)9-7-19)24-11-22-21(18-5-3-4-17(10-18)13-29)12-26(34)33(2)23(22)14-31-24/h3-12,14-16,35H,1-2H3. The Morgan fingerprint density at radius 2 is 1.83 bits per heavy atom. The van der Waals surface area contributed by atoms with Crippen molar-refractivity contribution < 1.29 is 5.11 Å². The van der Waals surface area contributed by atoms with Crippen molar-refractivity contribution in [3.63, 3.8) is 0 Å². The van der Waals surface area contributed by atoms with Crippen LogP contribution in [0.1, 0.15) is 22.5 Å². The van der Waals surface area contributed by atoms with E-state index in [0.717, 1.165) is 5.56 Å². The number of aromatic nitrogens is 4. The van der Waals surface area contributed by atoms with Crippen LogP contribution in [0.5, 0.6) is 0 Å². The highest BCUT2D eigenvalue weighted by Gasteiger charge is 2.38. The molecular weight excluding hydrogens is 462 g/mol. The van der Waals surface area contributed by atoms with E-state index in [1.54, 1.807) is 85.9 Å². The summed E-state index contributed by atoms with van der Waals surface area (Å²) in [6, 6.07) is 19.5. The zero-order valence-corrected chi connectivity index (χ0v) is 19.7. The van der Waals surface area contributed by atoms with Gasteiger partial charge in [0.05, 0.1) is 47.3 Å². The third-order valence-corrected chi connectivity index (χ3v) is 6.51. The van der Waals surface area contributed by atoms with Gasteiger partial charge in [-0.1, -0.05) is 35.9 Å². The number of pyridine rings is 2. The van der Waals surface area contributed by atoms with Crippen molar-refractivity contribution in [2.45, 2.75) is 5.60 Å². The largest absolute Gasteiger partial charge is 0.373 e. The summed E-state index contributed by atoms with van der Waals surface area (Å²) in [5, 5.41) is 22.9. The molecule has 3 heterocycles. The number of halogens is 1. The summed E-state index contributed by atoms with van der Waals surface area (Å²) in [6.45, 7) is 0. The molecule has 2 aromatic carbocycles. The van der Waals surface area contributed by atoms with Crippen molar-refractivity contribution in [1.82, 2.24) is 19.1 Å². The molecule has 8 heteroatoms. The highest BCUT2D eigenvalue weighted by molar-refractivity contribution is 6.30. The molecule has 35 heavy (non-hydrogen) atoms. The molecule has 1 unspecified atom stereocenters. The lowest BCUT2D eigenvalue weighted by Gasteiger charge is -2.29. The van der Waals surface area contributed by atoms with Crippen LogP contribution in [-0.4, -0.2) is 24.2 Å². The van der Waals surface area contributed by atoms with Crippen LogP contribution >= 0.6 is 11.6 Å². The number of rotatable bonds is 4. The van der Waals surface area contributed by atoms with Gasteiger partial charge in [0.2, 0.25) is 0 Å². The monoisotopic (exact) mass is 481 g/mol. The number of fused-ring (bicyclic) bond motifs is 1. The Balaban J connectivity index is 1.84. The molecule has 0 spiro atoms. The van der Waals surface area contributed by atoms with Gasteiger partial charge in [0.25, 0.3) is 5.56 Å². The normalized spacial score (nSPS) is 12.9. The molecule has 3 aromatic heterocycles. The van der Waals surface area contributed by atoms with E-state index >= 15 is 0 Å². The summed E-state index contributed by atoms with van der Waals surface area (Å²) in [5.41, 5.74) is 2.04. The SMILES string of the molecule is Cn1cncc1C(O)(c1ccc(Cl)cc1)c1cc2c(-c3cccc(C#N)c3)cc(=O)n(C)c2cn1. The highest BCUT2D eigenvalue weighted by Crippen LogP contribution is 2.38. The second kappa shape index (κ2) is 8.51. The predicted octanol–water partition coefficient (Wildman–Crippen LogP) is 4.14.